The van der Waals surface area contributed by atoms with Crippen LogP contribution >= 0.6 is 0 Å². The Kier molecular flexibility index (Phi) is 4.24. The maximum Gasteiger partial charge on any atom is 0.229 e. The predicted octanol–water partition coefficient (Wildman–Crippen LogP) is 2.27. The number of piperidine rings is 1. The van der Waals surface area contributed by atoms with E-state index in [0.29, 0.717) is 5.92 Å². The Morgan fingerprint density at radius 3 is 2.83 bits per heavy atom. The van der Waals surface area contributed by atoms with Crippen molar-refractivity contribution < 1.29 is 4.79 Å². The summed E-state index contributed by atoms with van der Waals surface area (Å²) in [5.41, 5.74) is 4.23. The molecule has 3 heterocycles. The summed E-state index contributed by atoms with van der Waals surface area (Å²) in [6.45, 7) is 7.62. The quantitative estimate of drug-likeness (QED) is 0.945. The third kappa shape index (κ3) is 2.90. The summed E-state index contributed by atoms with van der Waals surface area (Å²) in [5.74, 6) is 0.413. The SMILES string of the molecule is Cc1nn(C)c(C)c1[C@@H](C)C(=O)N1CCC[C@H](c2ccn[nH]2)C1. The maximum absolute atomic E-state index is 13.0. The molecule has 1 fully saturated rings. The third-order valence-electron chi connectivity index (χ3n) is 5.06. The molecule has 1 amide bonds. The first kappa shape index (κ1) is 15.8. The van der Waals surface area contributed by atoms with Gasteiger partial charge in [-0.25, -0.2) is 0 Å². The molecular formula is C17H25N5O. The van der Waals surface area contributed by atoms with Crippen molar-refractivity contribution in [1.29, 1.82) is 0 Å². The van der Waals surface area contributed by atoms with E-state index in [1.807, 2.05) is 43.5 Å². The van der Waals surface area contributed by atoms with Crippen molar-refractivity contribution >= 4 is 5.91 Å². The summed E-state index contributed by atoms with van der Waals surface area (Å²) >= 11 is 0. The topological polar surface area (TPSA) is 66.8 Å². The Bertz CT molecular complexity index is 688. The minimum absolute atomic E-state index is 0.149. The van der Waals surface area contributed by atoms with Gasteiger partial charge in [-0.05, 0) is 39.7 Å². The summed E-state index contributed by atoms with van der Waals surface area (Å²) in [6, 6.07) is 2.01. The zero-order valence-corrected chi connectivity index (χ0v) is 14.3. The van der Waals surface area contributed by atoms with Gasteiger partial charge in [-0.1, -0.05) is 0 Å². The standard InChI is InChI=1S/C17H25N5O/c1-11(16-12(2)20-21(4)13(16)3)17(23)22-9-5-6-14(10-22)15-7-8-18-19-15/h7-8,11,14H,5-6,9-10H2,1-4H3,(H,18,19)/t11-,14+/m1/s1. The second kappa shape index (κ2) is 6.18. The number of nitrogens with zero attached hydrogens (tertiary/aromatic N) is 4. The molecule has 1 N–H and O–H groups in total. The van der Waals surface area contributed by atoms with E-state index in [1.54, 1.807) is 6.20 Å². The van der Waals surface area contributed by atoms with Crippen LogP contribution < -0.4 is 0 Å². The van der Waals surface area contributed by atoms with E-state index >= 15 is 0 Å². The van der Waals surface area contributed by atoms with Gasteiger partial charge in [0.05, 0.1) is 11.6 Å². The molecule has 6 nitrogen and oxygen atoms in total. The van der Waals surface area contributed by atoms with Gasteiger partial charge in [0, 0.05) is 49.2 Å². The monoisotopic (exact) mass is 315 g/mol. The smallest absolute Gasteiger partial charge is 0.229 e. The highest BCUT2D eigenvalue weighted by Gasteiger charge is 2.31. The van der Waals surface area contributed by atoms with Crippen molar-refractivity contribution in [2.75, 3.05) is 13.1 Å². The lowest BCUT2D eigenvalue weighted by atomic mass is 9.92. The van der Waals surface area contributed by atoms with Gasteiger partial charge in [-0.2, -0.15) is 10.2 Å². The van der Waals surface area contributed by atoms with Gasteiger partial charge in [-0.3, -0.25) is 14.6 Å². The van der Waals surface area contributed by atoms with Crippen molar-refractivity contribution in [3.8, 4) is 0 Å². The number of carbonyl (C=O) groups excluding carboxylic acids is 1. The second-order valence-corrected chi connectivity index (χ2v) is 6.57. The van der Waals surface area contributed by atoms with Crippen molar-refractivity contribution in [3.63, 3.8) is 0 Å². The minimum Gasteiger partial charge on any atom is -0.342 e. The van der Waals surface area contributed by atoms with Crippen LogP contribution in [0.3, 0.4) is 0 Å². The van der Waals surface area contributed by atoms with Crippen molar-refractivity contribution in [2.45, 2.75) is 45.4 Å². The number of hydrogen-bond acceptors (Lipinski definition) is 3. The highest BCUT2D eigenvalue weighted by Crippen LogP contribution is 2.29. The molecule has 2 aromatic heterocycles. The van der Waals surface area contributed by atoms with E-state index in [4.69, 9.17) is 0 Å². The summed E-state index contributed by atoms with van der Waals surface area (Å²) in [5, 5.41) is 11.5. The lowest BCUT2D eigenvalue weighted by Crippen LogP contribution is -2.41. The van der Waals surface area contributed by atoms with Crippen LogP contribution in [0.5, 0.6) is 0 Å². The van der Waals surface area contributed by atoms with Gasteiger partial charge < -0.3 is 4.90 Å². The van der Waals surface area contributed by atoms with E-state index in [2.05, 4.69) is 15.3 Å². The van der Waals surface area contributed by atoms with Crippen LogP contribution in [0.25, 0.3) is 0 Å². The number of aromatic nitrogens is 4. The summed E-state index contributed by atoms with van der Waals surface area (Å²) in [7, 11) is 1.93. The van der Waals surface area contributed by atoms with E-state index in [-0.39, 0.29) is 11.8 Å². The number of amides is 1. The van der Waals surface area contributed by atoms with Crippen molar-refractivity contribution in [2.24, 2.45) is 7.05 Å². The average molecular weight is 315 g/mol. The Morgan fingerprint density at radius 2 is 2.22 bits per heavy atom. The minimum atomic E-state index is -0.149. The molecule has 23 heavy (non-hydrogen) atoms. The van der Waals surface area contributed by atoms with Gasteiger partial charge in [0.15, 0.2) is 0 Å². The molecule has 0 radical (unpaired) electrons. The molecule has 3 rings (SSSR count). The molecule has 0 aliphatic carbocycles. The number of aromatic amines is 1. The molecule has 6 heteroatoms. The zero-order valence-electron chi connectivity index (χ0n) is 14.3. The van der Waals surface area contributed by atoms with Gasteiger partial charge in [0.2, 0.25) is 5.91 Å². The van der Waals surface area contributed by atoms with Crippen LogP contribution in [0.15, 0.2) is 12.3 Å². The Hall–Kier alpha value is -2.11. The fourth-order valence-electron chi connectivity index (χ4n) is 3.74. The number of aryl methyl sites for hydroxylation is 2. The molecule has 124 valence electrons. The highest BCUT2D eigenvalue weighted by molar-refractivity contribution is 5.84. The van der Waals surface area contributed by atoms with Gasteiger partial charge in [0.1, 0.15) is 0 Å². The number of nitrogens with one attached hydrogen (secondary N) is 1. The van der Waals surface area contributed by atoms with Crippen LogP contribution in [0, 0.1) is 13.8 Å². The second-order valence-electron chi connectivity index (χ2n) is 6.57. The lowest BCUT2D eigenvalue weighted by molar-refractivity contribution is -0.133. The largest absolute Gasteiger partial charge is 0.342 e. The van der Waals surface area contributed by atoms with Gasteiger partial charge in [-0.15, -0.1) is 0 Å². The summed E-state index contributed by atoms with van der Waals surface area (Å²) in [6.07, 6.45) is 3.92. The first-order chi connectivity index (χ1) is 11.0. The van der Waals surface area contributed by atoms with Crippen molar-refractivity contribution in [3.05, 3.63) is 34.9 Å². The number of hydrogen-bond donors (Lipinski definition) is 1. The number of rotatable bonds is 3. The molecule has 0 unspecified atom stereocenters. The van der Waals surface area contributed by atoms with Crippen LogP contribution in [-0.4, -0.2) is 43.9 Å². The molecule has 1 aliphatic rings. The summed E-state index contributed by atoms with van der Waals surface area (Å²) in [4.78, 5) is 15.0. The fraction of sp³-hybridized carbons (Fsp3) is 0.588. The molecule has 1 aliphatic heterocycles. The number of H-pyrrole nitrogens is 1. The third-order valence-corrected chi connectivity index (χ3v) is 5.06. The van der Waals surface area contributed by atoms with Crippen molar-refractivity contribution in [1.82, 2.24) is 24.9 Å². The van der Waals surface area contributed by atoms with Gasteiger partial charge >= 0.3 is 0 Å². The van der Waals surface area contributed by atoms with Crippen LogP contribution in [0.4, 0.5) is 0 Å². The Morgan fingerprint density at radius 1 is 1.43 bits per heavy atom. The normalized spacial score (nSPS) is 19.8. The lowest BCUT2D eigenvalue weighted by Gasteiger charge is -2.34. The Labute approximate surface area is 136 Å². The first-order valence-corrected chi connectivity index (χ1v) is 8.27. The number of likely N-dealkylation sites (tertiary alicyclic amines) is 1. The van der Waals surface area contributed by atoms with Gasteiger partial charge in [0.25, 0.3) is 0 Å². The van der Waals surface area contributed by atoms with Crippen LogP contribution in [-0.2, 0) is 11.8 Å². The molecule has 1 saturated heterocycles. The molecule has 2 atom stereocenters. The number of carbonyl (C=O) groups is 1. The maximum atomic E-state index is 13.0. The fourth-order valence-corrected chi connectivity index (χ4v) is 3.74. The van der Waals surface area contributed by atoms with E-state index in [1.165, 1.54) is 0 Å². The molecule has 0 spiro atoms. The van der Waals surface area contributed by atoms with E-state index in [9.17, 15) is 4.79 Å². The predicted molar refractivity (Wildman–Crippen MR) is 88.2 cm³/mol. The average Bonchev–Trinajstić information content (AvgIpc) is 3.16. The first-order valence-electron chi connectivity index (χ1n) is 8.27. The Balaban J connectivity index is 1.77. The molecule has 0 aromatic carbocycles. The molecule has 2 aromatic rings. The highest BCUT2D eigenvalue weighted by atomic mass is 16.2. The molecule has 0 bridgehead atoms. The zero-order chi connectivity index (χ0) is 16.6. The van der Waals surface area contributed by atoms with E-state index < -0.39 is 0 Å². The van der Waals surface area contributed by atoms with E-state index in [0.717, 1.165) is 48.6 Å². The molecule has 0 saturated carbocycles. The van der Waals surface area contributed by atoms with Crippen LogP contribution in [0.2, 0.25) is 0 Å². The summed E-state index contributed by atoms with van der Waals surface area (Å²) < 4.78 is 1.86. The van der Waals surface area contributed by atoms with Crippen LogP contribution in [0.1, 0.15) is 54.2 Å². The molecular weight excluding hydrogens is 290 g/mol.